The molecule has 7 rings (SSSR count). The van der Waals surface area contributed by atoms with E-state index >= 15 is 0 Å². The average Bonchev–Trinajstić information content (AvgIpc) is 2.95. The molecule has 3 fully saturated rings. The smallest absolute Gasteiger partial charge is 0.282 e. The number of hydrogen-bond donors (Lipinski definition) is 1. The predicted molar refractivity (Wildman–Crippen MR) is 141 cm³/mol. The number of halogens is 1. The Morgan fingerprint density at radius 1 is 1.12 bits per heavy atom. The lowest BCUT2D eigenvalue weighted by molar-refractivity contribution is -0.0350. The molecular weight excluding hydrogens is 517 g/mol. The van der Waals surface area contributed by atoms with Gasteiger partial charge in [0, 0.05) is 68.6 Å². The number of benzene rings is 1. The van der Waals surface area contributed by atoms with Crippen LogP contribution in [0.15, 0.2) is 36.8 Å². The van der Waals surface area contributed by atoms with Gasteiger partial charge < -0.3 is 29.3 Å². The maximum Gasteiger partial charge on any atom is 0.282 e. The van der Waals surface area contributed by atoms with Crippen LogP contribution in [0.3, 0.4) is 0 Å². The van der Waals surface area contributed by atoms with Crippen LogP contribution in [-0.2, 0) is 17.7 Å². The fraction of sp³-hybridized carbons (Fsp3) is 0.464. The summed E-state index contributed by atoms with van der Waals surface area (Å²) >= 11 is 0. The Hall–Kier alpha value is -3.90. The van der Waals surface area contributed by atoms with Crippen molar-refractivity contribution in [1.82, 2.24) is 30.4 Å². The molecule has 1 amide bonds. The number of hydrogen-bond acceptors (Lipinski definition) is 10. The van der Waals surface area contributed by atoms with Crippen LogP contribution < -0.4 is 19.7 Å². The summed E-state index contributed by atoms with van der Waals surface area (Å²) in [5.41, 5.74) is 2.59. The normalized spacial score (nSPS) is 19.9. The third-order valence-electron chi connectivity index (χ3n) is 8.16. The predicted octanol–water partition coefficient (Wildman–Crippen LogP) is 2.36. The quantitative estimate of drug-likeness (QED) is 0.493. The van der Waals surface area contributed by atoms with Crippen LogP contribution in [0.2, 0.25) is 0 Å². The van der Waals surface area contributed by atoms with Crippen LogP contribution in [0.25, 0.3) is 0 Å². The minimum Gasteiger partial charge on any atom is -0.490 e. The summed E-state index contributed by atoms with van der Waals surface area (Å²) in [6.07, 6.45) is 6.23. The fourth-order valence-electron chi connectivity index (χ4n) is 6.13. The number of rotatable bonds is 6. The summed E-state index contributed by atoms with van der Waals surface area (Å²) in [5, 5.41) is 11.5. The van der Waals surface area contributed by atoms with E-state index in [1.807, 2.05) is 12.3 Å². The first-order chi connectivity index (χ1) is 19.6. The van der Waals surface area contributed by atoms with Crippen LogP contribution >= 0.6 is 0 Å². The molecule has 1 N–H and O–H groups in total. The number of amides is 1. The zero-order chi connectivity index (χ0) is 27.1. The molecule has 11 nitrogen and oxygen atoms in total. The molecule has 1 saturated carbocycles. The van der Waals surface area contributed by atoms with Crippen molar-refractivity contribution in [2.24, 2.45) is 5.41 Å². The van der Waals surface area contributed by atoms with Crippen molar-refractivity contribution in [2.45, 2.75) is 31.9 Å². The number of nitrogens with one attached hydrogen (secondary N) is 1. The number of anilines is 1. The highest BCUT2D eigenvalue weighted by molar-refractivity contribution is 5.97. The van der Waals surface area contributed by atoms with Crippen LogP contribution in [0.1, 0.15) is 34.5 Å². The highest BCUT2D eigenvalue weighted by Crippen LogP contribution is 2.52. The first-order valence-corrected chi connectivity index (χ1v) is 13.7. The molecule has 4 aliphatic rings. The van der Waals surface area contributed by atoms with Gasteiger partial charge in [0.2, 0.25) is 0 Å². The van der Waals surface area contributed by atoms with Gasteiger partial charge in [0.05, 0.1) is 18.8 Å². The van der Waals surface area contributed by atoms with E-state index in [0.717, 1.165) is 56.9 Å². The van der Waals surface area contributed by atoms with Gasteiger partial charge in [-0.05, 0) is 37.1 Å². The van der Waals surface area contributed by atoms with E-state index in [1.165, 1.54) is 30.1 Å². The van der Waals surface area contributed by atoms with Gasteiger partial charge in [-0.15, -0.1) is 10.2 Å². The SMILES string of the molecule is O=C(c1cc(F)ccc1Oc1nncnc1N1CC2(CC(Oc3ccnc4c3CNCC4)C2)C1)N1CCOCC1. The molecule has 40 heavy (non-hydrogen) atoms. The molecule has 0 radical (unpaired) electrons. The zero-order valence-corrected chi connectivity index (χ0v) is 22.0. The minimum absolute atomic E-state index is 0.131. The van der Waals surface area contributed by atoms with Crippen molar-refractivity contribution >= 4 is 11.7 Å². The van der Waals surface area contributed by atoms with Crippen LogP contribution in [0.5, 0.6) is 17.4 Å². The summed E-state index contributed by atoms with van der Waals surface area (Å²) < 4.78 is 32.0. The van der Waals surface area contributed by atoms with Crippen LogP contribution in [-0.4, -0.2) is 83.0 Å². The number of morpholine rings is 1. The molecule has 12 heteroatoms. The molecule has 1 aliphatic carbocycles. The van der Waals surface area contributed by atoms with Crippen molar-refractivity contribution in [2.75, 3.05) is 50.8 Å². The Kier molecular flexibility index (Phi) is 6.43. The molecule has 1 spiro atoms. The van der Waals surface area contributed by atoms with Gasteiger partial charge in [-0.25, -0.2) is 9.37 Å². The number of nitrogens with zero attached hydrogens (tertiary/aromatic N) is 6. The molecule has 0 bridgehead atoms. The summed E-state index contributed by atoms with van der Waals surface area (Å²) in [6.45, 7) is 5.09. The van der Waals surface area contributed by atoms with Gasteiger partial charge in [-0.2, -0.15) is 0 Å². The standard InChI is InChI=1S/C28H30FN7O4/c29-18-1-2-23(20(11-18)27(37)35-7-9-38-10-8-35)40-26-25(32-17-33-34-26)36-15-28(16-36)12-19(13-28)39-24-4-6-31-22-3-5-30-14-21(22)24/h1-2,4,6,11,17,19,30H,3,5,7-10,12-16H2. The van der Waals surface area contributed by atoms with Gasteiger partial charge in [0.1, 0.15) is 29.7 Å². The number of aromatic nitrogens is 4. The Bertz CT molecular complexity index is 1420. The summed E-state index contributed by atoms with van der Waals surface area (Å²) in [6, 6.07) is 5.87. The molecule has 2 saturated heterocycles. The monoisotopic (exact) mass is 547 g/mol. The Morgan fingerprint density at radius 2 is 1.98 bits per heavy atom. The molecule has 0 atom stereocenters. The molecule has 0 unspecified atom stereocenters. The highest BCUT2D eigenvalue weighted by atomic mass is 19.1. The van der Waals surface area contributed by atoms with E-state index in [9.17, 15) is 9.18 Å². The van der Waals surface area contributed by atoms with E-state index in [-0.39, 0.29) is 34.6 Å². The van der Waals surface area contributed by atoms with Gasteiger partial charge >= 0.3 is 0 Å². The van der Waals surface area contributed by atoms with Gasteiger partial charge in [-0.1, -0.05) is 0 Å². The maximum absolute atomic E-state index is 14.2. The fourth-order valence-corrected chi connectivity index (χ4v) is 6.13. The molecule has 208 valence electrons. The molecule has 5 heterocycles. The maximum atomic E-state index is 14.2. The Balaban J connectivity index is 1.02. The van der Waals surface area contributed by atoms with Gasteiger partial charge in [0.15, 0.2) is 5.82 Å². The number of ether oxygens (including phenoxy) is 3. The van der Waals surface area contributed by atoms with Gasteiger partial charge in [0.25, 0.3) is 11.8 Å². The lowest BCUT2D eigenvalue weighted by Crippen LogP contribution is -2.65. The summed E-state index contributed by atoms with van der Waals surface area (Å²) in [7, 11) is 0. The Labute approximate surface area is 230 Å². The summed E-state index contributed by atoms with van der Waals surface area (Å²) in [5.74, 6) is 1.05. The third kappa shape index (κ3) is 4.71. The molecular formula is C28H30FN7O4. The molecule has 3 aromatic rings. The van der Waals surface area contributed by atoms with E-state index in [1.54, 1.807) is 4.90 Å². The number of carbonyl (C=O) groups is 1. The van der Waals surface area contributed by atoms with Crippen LogP contribution in [0, 0.1) is 11.2 Å². The Morgan fingerprint density at radius 3 is 2.83 bits per heavy atom. The van der Waals surface area contributed by atoms with E-state index < -0.39 is 5.82 Å². The number of pyridine rings is 1. The van der Waals surface area contributed by atoms with Crippen molar-refractivity contribution in [3.63, 3.8) is 0 Å². The largest absolute Gasteiger partial charge is 0.490 e. The molecule has 1 aromatic carbocycles. The highest BCUT2D eigenvalue weighted by Gasteiger charge is 2.54. The number of fused-ring (bicyclic) bond motifs is 1. The lowest BCUT2D eigenvalue weighted by atomic mass is 9.61. The zero-order valence-electron chi connectivity index (χ0n) is 22.0. The van der Waals surface area contributed by atoms with Crippen molar-refractivity contribution in [1.29, 1.82) is 0 Å². The third-order valence-corrected chi connectivity index (χ3v) is 8.16. The van der Waals surface area contributed by atoms with Gasteiger partial charge in [-0.3, -0.25) is 9.78 Å². The van der Waals surface area contributed by atoms with Crippen molar-refractivity contribution in [3.8, 4) is 17.4 Å². The van der Waals surface area contributed by atoms with E-state index in [0.29, 0.717) is 32.1 Å². The van der Waals surface area contributed by atoms with E-state index in [2.05, 4.69) is 30.4 Å². The second-order valence-electron chi connectivity index (χ2n) is 10.9. The van der Waals surface area contributed by atoms with Crippen LogP contribution in [0.4, 0.5) is 10.2 Å². The topological polar surface area (TPSA) is 115 Å². The second-order valence-corrected chi connectivity index (χ2v) is 10.9. The minimum atomic E-state index is -0.517. The lowest BCUT2D eigenvalue weighted by Gasteiger charge is -2.58. The van der Waals surface area contributed by atoms with Crippen molar-refractivity contribution in [3.05, 3.63) is 59.4 Å². The summed E-state index contributed by atoms with van der Waals surface area (Å²) in [4.78, 5) is 25.8. The van der Waals surface area contributed by atoms with Crippen molar-refractivity contribution < 1.29 is 23.4 Å². The molecule has 2 aromatic heterocycles. The number of carbonyl (C=O) groups excluding carboxylic acids is 1. The first-order valence-electron chi connectivity index (χ1n) is 13.7. The second kappa shape index (κ2) is 10.3. The first kappa shape index (κ1) is 25.1. The average molecular weight is 548 g/mol. The van der Waals surface area contributed by atoms with E-state index in [4.69, 9.17) is 14.2 Å². The molecule has 3 aliphatic heterocycles.